The van der Waals surface area contributed by atoms with E-state index in [2.05, 4.69) is 21.2 Å². The molecule has 2 aromatic rings. The third-order valence-electron chi connectivity index (χ3n) is 2.89. The Morgan fingerprint density at radius 3 is 2.52 bits per heavy atom. The molecule has 0 aliphatic heterocycles. The van der Waals surface area contributed by atoms with Crippen LogP contribution in [-0.4, -0.2) is 10.9 Å². The number of amides is 1. The van der Waals surface area contributed by atoms with Crippen LogP contribution >= 0.6 is 28.1 Å². The smallest absolute Gasteiger partial charge is 0.252 e. The third-order valence-corrected chi connectivity index (χ3v) is 3.93. The minimum Gasteiger partial charge on any atom is -0.389 e. The Labute approximate surface area is 135 Å². The van der Waals surface area contributed by atoms with Gasteiger partial charge >= 0.3 is 0 Å². The highest BCUT2D eigenvalue weighted by atomic mass is 79.9. The molecule has 0 fully saturated rings. The van der Waals surface area contributed by atoms with Gasteiger partial charge in [0, 0.05) is 12.1 Å². The fraction of sp³-hybridized carbons (Fsp3) is 0.0667. The van der Waals surface area contributed by atoms with Crippen LogP contribution in [0.15, 0.2) is 46.9 Å². The molecule has 0 saturated carbocycles. The van der Waals surface area contributed by atoms with E-state index in [-0.39, 0.29) is 15.9 Å². The van der Waals surface area contributed by atoms with Crippen molar-refractivity contribution >= 4 is 39.0 Å². The SMILES string of the molecule is NC(=S)c1ccc(CNC(=O)c2cccc(F)c2Br)cc1. The first-order chi connectivity index (χ1) is 9.99. The maximum absolute atomic E-state index is 13.4. The van der Waals surface area contributed by atoms with E-state index in [0.29, 0.717) is 11.5 Å². The van der Waals surface area contributed by atoms with Crippen molar-refractivity contribution < 1.29 is 9.18 Å². The number of benzene rings is 2. The molecular weight excluding hydrogens is 355 g/mol. The van der Waals surface area contributed by atoms with Gasteiger partial charge in [0.2, 0.25) is 0 Å². The standard InChI is InChI=1S/C15H12BrFN2OS/c16-13-11(2-1-3-12(13)17)15(20)19-8-9-4-6-10(7-5-9)14(18)21/h1-7H,8H2,(H2,18,21)(H,19,20). The molecule has 0 aromatic heterocycles. The first kappa shape index (κ1) is 15.6. The van der Waals surface area contributed by atoms with Gasteiger partial charge < -0.3 is 11.1 Å². The van der Waals surface area contributed by atoms with Crippen molar-refractivity contribution in [1.82, 2.24) is 5.32 Å². The summed E-state index contributed by atoms with van der Waals surface area (Å²) in [5, 5.41) is 2.73. The third kappa shape index (κ3) is 3.86. The fourth-order valence-electron chi connectivity index (χ4n) is 1.74. The van der Waals surface area contributed by atoms with E-state index in [1.165, 1.54) is 12.1 Å². The summed E-state index contributed by atoms with van der Waals surface area (Å²) >= 11 is 7.94. The lowest BCUT2D eigenvalue weighted by molar-refractivity contribution is 0.0949. The second kappa shape index (κ2) is 6.78. The van der Waals surface area contributed by atoms with Gasteiger partial charge in [0.05, 0.1) is 10.0 Å². The maximum atomic E-state index is 13.4. The van der Waals surface area contributed by atoms with Crippen LogP contribution in [0, 0.1) is 5.82 Å². The first-order valence-electron chi connectivity index (χ1n) is 6.10. The largest absolute Gasteiger partial charge is 0.389 e. The van der Waals surface area contributed by atoms with E-state index in [0.717, 1.165) is 11.1 Å². The fourth-order valence-corrected chi connectivity index (χ4v) is 2.32. The minimum atomic E-state index is -0.469. The molecule has 6 heteroatoms. The van der Waals surface area contributed by atoms with Gasteiger partial charge in [-0.25, -0.2) is 4.39 Å². The number of carbonyl (C=O) groups is 1. The second-order valence-corrected chi connectivity index (χ2v) is 5.58. The molecule has 0 spiro atoms. The van der Waals surface area contributed by atoms with E-state index < -0.39 is 5.82 Å². The molecule has 0 atom stereocenters. The molecule has 2 aromatic carbocycles. The molecule has 0 heterocycles. The Hall–Kier alpha value is -1.79. The minimum absolute atomic E-state index is 0.159. The summed E-state index contributed by atoms with van der Waals surface area (Å²) in [6, 6.07) is 11.6. The summed E-state index contributed by atoms with van der Waals surface area (Å²) in [7, 11) is 0. The van der Waals surface area contributed by atoms with Crippen molar-refractivity contribution in [3.05, 3.63) is 69.4 Å². The van der Waals surface area contributed by atoms with Gasteiger partial charge in [0.25, 0.3) is 5.91 Å². The van der Waals surface area contributed by atoms with Gasteiger partial charge in [-0.05, 0) is 33.6 Å². The van der Waals surface area contributed by atoms with Crippen LogP contribution in [0.3, 0.4) is 0 Å². The van der Waals surface area contributed by atoms with Gasteiger partial charge in [-0.2, -0.15) is 0 Å². The Morgan fingerprint density at radius 2 is 1.90 bits per heavy atom. The zero-order valence-corrected chi connectivity index (χ0v) is 13.3. The first-order valence-corrected chi connectivity index (χ1v) is 7.30. The van der Waals surface area contributed by atoms with Crippen molar-refractivity contribution in [2.24, 2.45) is 5.73 Å². The Kier molecular flexibility index (Phi) is 5.03. The molecule has 0 bridgehead atoms. The van der Waals surface area contributed by atoms with Gasteiger partial charge in [-0.1, -0.05) is 42.5 Å². The number of halogens is 2. The number of carbonyl (C=O) groups excluding carboxylic acids is 1. The van der Waals surface area contributed by atoms with Crippen LogP contribution in [0.4, 0.5) is 4.39 Å². The molecule has 2 rings (SSSR count). The summed E-state index contributed by atoms with van der Waals surface area (Å²) in [6.07, 6.45) is 0. The number of hydrogen-bond acceptors (Lipinski definition) is 2. The molecule has 0 aliphatic carbocycles. The molecule has 1 amide bonds. The van der Waals surface area contributed by atoms with Crippen LogP contribution in [-0.2, 0) is 6.54 Å². The zero-order valence-electron chi connectivity index (χ0n) is 10.9. The maximum Gasteiger partial charge on any atom is 0.252 e. The number of nitrogens with two attached hydrogens (primary N) is 1. The normalized spacial score (nSPS) is 10.2. The van der Waals surface area contributed by atoms with Crippen LogP contribution in [0.25, 0.3) is 0 Å². The molecule has 0 aliphatic rings. The molecule has 0 radical (unpaired) electrons. The number of nitrogens with one attached hydrogen (secondary N) is 1. The van der Waals surface area contributed by atoms with Crippen molar-refractivity contribution in [2.45, 2.75) is 6.54 Å². The van der Waals surface area contributed by atoms with E-state index in [1.54, 1.807) is 18.2 Å². The van der Waals surface area contributed by atoms with Crippen LogP contribution in [0.5, 0.6) is 0 Å². The zero-order chi connectivity index (χ0) is 15.4. The van der Waals surface area contributed by atoms with Crippen molar-refractivity contribution in [1.29, 1.82) is 0 Å². The molecule has 0 unspecified atom stereocenters. The molecule has 0 saturated heterocycles. The van der Waals surface area contributed by atoms with Crippen LogP contribution in [0.1, 0.15) is 21.5 Å². The summed E-state index contributed by atoms with van der Waals surface area (Å²) in [5.74, 6) is -0.816. The molecular formula is C15H12BrFN2OS. The average Bonchev–Trinajstić information content (AvgIpc) is 2.48. The van der Waals surface area contributed by atoms with E-state index in [9.17, 15) is 9.18 Å². The summed E-state index contributed by atoms with van der Waals surface area (Å²) in [4.78, 5) is 12.3. The predicted octanol–water partition coefficient (Wildman–Crippen LogP) is 3.15. The van der Waals surface area contributed by atoms with Crippen molar-refractivity contribution in [3.63, 3.8) is 0 Å². The average molecular weight is 367 g/mol. The summed E-state index contributed by atoms with van der Waals surface area (Å²) in [5.41, 5.74) is 7.44. The van der Waals surface area contributed by atoms with Gasteiger partial charge in [-0.15, -0.1) is 0 Å². The van der Waals surface area contributed by atoms with E-state index in [4.69, 9.17) is 18.0 Å². The van der Waals surface area contributed by atoms with E-state index >= 15 is 0 Å². The highest BCUT2D eigenvalue weighted by Gasteiger charge is 2.12. The number of hydrogen-bond donors (Lipinski definition) is 2. The molecule has 21 heavy (non-hydrogen) atoms. The summed E-state index contributed by atoms with van der Waals surface area (Å²) < 4.78 is 13.5. The van der Waals surface area contributed by atoms with Crippen LogP contribution < -0.4 is 11.1 Å². The lowest BCUT2D eigenvalue weighted by Crippen LogP contribution is -2.23. The lowest BCUT2D eigenvalue weighted by Gasteiger charge is -2.08. The Morgan fingerprint density at radius 1 is 1.24 bits per heavy atom. The quantitative estimate of drug-likeness (QED) is 0.817. The van der Waals surface area contributed by atoms with Crippen LogP contribution in [0.2, 0.25) is 0 Å². The van der Waals surface area contributed by atoms with Gasteiger partial charge in [0.15, 0.2) is 0 Å². The highest BCUT2D eigenvalue weighted by molar-refractivity contribution is 9.10. The molecule has 3 nitrogen and oxygen atoms in total. The van der Waals surface area contributed by atoms with E-state index in [1.807, 2.05) is 12.1 Å². The monoisotopic (exact) mass is 366 g/mol. The Balaban J connectivity index is 2.04. The van der Waals surface area contributed by atoms with Crippen molar-refractivity contribution in [3.8, 4) is 0 Å². The predicted molar refractivity (Wildman–Crippen MR) is 87.6 cm³/mol. The lowest BCUT2D eigenvalue weighted by atomic mass is 10.1. The second-order valence-electron chi connectivity index (χ2n) is 4.35. The topological polar surface area (TPSA) is 55.1 Å². The summed E-state index contributed by atoms with van der Waals surface area (Å²) in [6.45, 7) is 0.333. The van der Waals surface area contributed by atoms with Crippen molar-refractivity contribution in [2.75, 3.05) is 0 Å². The molecule has 108 valence electrons. The highest BCUT2D eigenvalue weighted by Crippen LogP contribution is 2.20. The van der Waals surface area contributed by atoms with Gasteiger partial charge in [0.1, 0.15) is 10.8 Å². The number of thiocarbonyl (C=S) groups is 1. The number of rotatable bonds is 4. The van der Waals surface area contributed by atoms with Gasteiger partial charge in [-0.3, -0.25) is 4.79 Å². The molecule has 3 N–H and O–H groups in total. The Bertz CT molecular complexity index is 689.